The van der Waals surface area contributed by atoms with E-state index in [9.17, 15) is 22.4 Å². The summed E-state index contributed by atoms with van der Waals surface area (Å²) < 4.78 is 41.2. The zero-order chi connectivity index (χ0) is 22.9. The summed E-state index contributed by atoms with van der Waals surface area (Å²) in [5, 5.41) is 0. The van der Waals surface area contributed by atoms with Gasteiger partial charge >= 0.3 is 0 Å². The molecule has 166 valence electrons. The van der Waals surface area contributed by atoms with Crippen molar-refractivity contribution in [1.29, 1.82) is 0 Å². The Kier molecular flexibility index (Phi) is 6.62. The van der Waals surface area contributed by atoms with Crippen LogP contribution in [0.3, 0.4) is 0 Å². The molecule has 0 aromatic heterocycles. The van der Waals surface area contributed by atoms with Crippen molar-refractivity contribution in [1.82, 2.24) is 4.31 Å². The van der Waals surface area contributed by atoms with Gasteiger partial charge in [0.1, 0.15) is 11.9 Å². The molecule has 0 spiro atoms. The number of rotatable bonds is 7. The molecule has 1 aliphatic heterocycles. The lowest BCUT2D eigenvalue weighted by Crippen LogP contribution is -2.49. The van der Waals surface area contributed by atoms with Crippen LogP contribution >= 0.6 is 0 Å². The van der Waals surface area contributed by atoms with E-state index in [0.717, 1.165) is 26.9 Å². The minimum Gasteiger partial charge on any atom is -0.274 e. The smallest absolute Gasteiger partial charge is 0.252 e. The van der Waals surface area contributed by atoms with E-state index in [4.69, 9.17) is 0 Å². The summed E-state index contributed by atoms with van der Waals surface area (Å²) in [7, 11) is -4.13. The number of hydrogen-bond donors (Lipinski definition) is 0. The number of nitrogens with zero attached hydrogens (tertiary/aromatic N) is 2. The number of carbonyl (C=O) groups is 2. The molecular formula is C23H27FN2O4S. The minimum absolute atomic E-state index is 0.116. The highest BCUT2D eigenvalue weighted by molar-refractivity contribution is 7.89. The van der Waals surface area contributed by atoms with Crippen molar-refractivity contribution < 1.29 is 22.4 Å². The largest absolute Gasteiger partial charge is 0.274 e. The standard InChI is InChI=1S/C23H27FN2O4S/c1-5-16(4)26(31(29,30)20-12-8-18(24)9-13-20)21-14-22(27)25(23(21)28)19-10-6-17(7-11-19)15(2)3/h6-13,15-16,21H,5,14H2,1-4H3. The maximum absolute atomic E-state index is 13.4. The average molecular weight is 447 g/mol. The second kappa shape index (κ2) is 8.88. The molecule has 2 amide bonds. The summed E-state index contributed by atoms with van der Waals surface area (Å²) in [5.74, 6) is -1.28. The van der Waals surface area contributed by atoms with Crippen LogP contribution in [0, 0.1) is 5.82 Å². The fraction of sp³-hybridized carbons (Fsp3) is 0.391. The first kappa shape index (κ1) is 23.1. The van der Waals surface area contributed by atoms with Crippen LogP contribution in [0.4, 0.5) is 10.1 Å². The van der Waals surface area contributed by atoms with Crippen molar-refractivity contribution in [2.24, 2.45) is 0 Å². The monoisotopic (exact) mass is 446 g/mol. The number of halogens is 1. The van der Waals surface area contributed by atoms with Gasteiger partial charge in [-0.25, -0.2) is 17.7 Å². The van der Waals surface area contributed by atoms with Crippen molar-refractivity contribution in [3.63, 3.8) is 0 Å². The second-order valence-electron chi connectivity index (χ2n) is 8.08. The zero-order valence-corrected chi connectivity index (χ0v) is 18.9. The lowest BCUT2D eigenvalue weighted by atomic mass is 10.0. The van der Waals surface area contributed by atoms with E-state index in [-0.39, 0.29) is 11.3 Å². The van der Waals surface area contributed by atoms with Crippen LogP contribution in [-0.2, 0) is 19.6 Å². The Bertz CT molecular complexity index is 1070. The summed E-state index contributed by atoms with van der Waals surface area (Å²) in [4.78, 5) is 27.0. The zero-order valence-electron chi connectivity index (χ0n) is 18.1. The molecule has 1 heterocycles. The molecule has 1 aliphatic rings. The molecular weight excluding hydrogens is 419 g/mol. The first-order valence-corrected chi connectivity index (χ1v) is 11.8. The number of amides is 2. The quantitative estimate of drug-likeness (QED) is 0.601. The molecule has 0 saturated carbocycles. The Balaban J connectivity index is 1.98. The summed E-state index contributed by atoms with van der Waals surface area (Å²) >= 11 is 0. The van der Waals surface area contributed by atoms with Gasteiger partial charge in [0.05, 0.1) is 17.0 Å². The van der Waals surface area contributed by atoms with E-state index in [2.05, 4.69) is 0 Å². The maximum atomic E-state index is 13.4. The molecule has 2 atom stereocenters. The van der Waals surface area contributed by atoms with Crippen LogP contribution in [0.25, 0.3) is 0 Å². The Hall–Kier alpha value is -2.58. The first-order valence-electron chi connectivity index (χ1n) is 10.3. The highest BCUT2D eigenvalue weighted by Crippen LogP contribution is 2.32. The van der Waals surface area contributed by atoms with E-state index in [1.165, 1.54) is 12.1 Å². The summed E-state index contributed by atoms with van der Waals surface area (Å²) in [6.45, 7) is 7.59. The number of benzene rings is 2. The van der Waals surface area contributed by atoms with Crippen molar-refractivity contribution in [2.75, 3.05) is 4.90 Å². The summed E-state index contributed by atoms with van der Waals surface area (Å²) in [5.41, 5.74) is 1.49. The van der Waals surface area contributed by atoms with Gasteiger partial charge in [0.15, 0.2) is 0 Å². The second-order valence-corrected chi connectivity index (χ2v) is 9.92. The average Bonchev–Trinajstić information content (AvgIpc) is 3.01. The van der Waals surface area contributed by atoms with E-state index >= 15 is 0 Å². The Morgan fingerprint density at radius 3 is 2.13 bits per heavy atom. The molecule has 8 heteroatoms. The van der Waals surface area contributed by atoms with Crippen LogP contribution in [-0.4, -0.2) is 36.6 Å². The lowest BCUT2D eigenvalue weighted by molar-refractivity contribution is -0.122. The topological polar surface area (TPSA) is 74.8 Å². The normalized spacial score (nSPS) is 18.3. The first-order chi connectivity index (χ1) is 14.6. The van der Waals surface area contributed by atoms with Crippen LogP contribution < -0.4 is 4.90 Å². The van der Waals surface area contributed by atoms with Crippen LogP contribution in [0.1, 0.15) is 52.0 Å². The third kappa shape index (κ3) is 4.41. The molecule has 3 rings (SSSR count). The van der Waals surface area contributed by atoms with E-state index < -0.39 is 39.7 Å². The predicted molar refractivity (Wildman–Crippen MR) is 117 cm³/mol. The number of carbonyl (C=O) groups excluding carboxylic acids is 2. The number of imide groups is 1. The molecule has 0 bridgehead atoms. The van der Waals surface area contributed by atoms with Gasteiger partial charge in [-0.1, -0.05) is 32.9 Å². The Morgan fingerprint density at radius 2 is 1.61 bits per heavy atom. The fourth-order valence-electron chi connectivity index (χ4n) is 3.71. The third-order valence-corrected chi connectivity index (χ3v) is 7.70. The minimum atomic E-state index is -4.13. The van der Waals surface area contributed by atoms with E-state index in [0.29, 0.717) is 18.0 Å². The van der Waals surface area contributed by atoms with Crippen LogP contribution in [0.2, 0.25) is 0 Å². The molecule has 1 fully saturated rings. The van der Waals surface area contributed by atoms with Crippen molar-refractivity contribution in [3.8, 4) is 0 Å². The fourth-order valence-corrected chi connectivity index (χ4v) is 5.56. The lowest BCUT2D eigenvalue weighted by Gasteiger charge is -2.31. The highest BCUT2D eigenvalue weighted by Gasteiger charge is 2.48. The van der Waals surface area contributed by atoms with Gasteiger partial charge in [-0.05, 0) is 61.2 Å². The van der Waals surface area contributed by atoms with Gasteiger partial charge in [0.25, 0.3) is 5.91 Å². The molecule has 1 saturated heterocycles. The number of sulfonamides is 1. The molecule has 0 aliphatic carbocycles. The Morgan fingerprint density at radius 1 is 1.03 bits per heavy atom. The van der Waals surface area contributed by atoms with Gasteiger partial charge < -0.3 is 0 Å². The third-order valence-electron chi connectivity index (χ3n) is 5.66. The van der Waals surface area contributed by atoms with E-state index in [1.54, 1.807) is 19.1 Å². The van der Waals surface area contributed by atoms with Crippen LogP contribution in [0.5, 0.6) is 0 Å². The van der Waals surface area contributed by atoms with Gasteiger partial charge in [-0.2, -0.15) is 4.31 Å². The van der Waals surface area contributed by atoms with E-state index in [1.807, 2.05) is 32.9 Å². The molecule has 0 radical (unpaired) electrons. The van der Waals surface area contributed by atoms with Crippen molar-refractivity contribution >= 4 is 27.5 Å². The number of anilines is 1. The maximum Gasteiger partial charge on any atom is 0.252 e. The van der Waals surface area contributed by atoms with Crippen molar-refractivity contribution in [3.05, 3.63) is 59.9 Å². The van der Waals surface area contributed by atoms with Gasteiger partial charge in [0.2, 0.25) is 15.9 Å². The predicted octanol–water partition coefficient (Wildman–Crippen LogP) is 4.07. The van der Waals surface area contributed by atoms with Crippen molar-refractivity contribution in [2.45, 2.75) is 63.4 Å². The Labute approximate surface area is 182 Å². The molecule has 31 heavy (non-hydrogen) atoms. The molecule has 2 unspecified atom stereocenters. The SMILES string of the molecule is CCC(C)N(C1CC(=O)N(c2ccc(C(C)C)cc2)C1=O)S(=O)(=O)c1ccc(F)cc1. The summed E-state index contributed by atoms with van der Waals surface area (Å²) in [6, 6.07) is 9.91. The molecule has 2 aromatic carbocycles. The molecule has 0 N–H and O–H groups in total. The van der Waals surface area contributed by atoms with Gasteiger partial charge in [-0.15, -0.1) is 0 Å². The summed E-state index contributed by atoms with van der Waals surface area (Å²) in [6.07, 6.45) is 0.205. The van der Waals surface area contributed by atoms with Gasteiger partial charge in [0, 0.05) is 6.04 Å². The highest BCUT2D eigenvalue weighted by atomic mass is 32.2. The molecule has 6 nitrogen and oxygen atoms in total. The molecule has 2 aromatic rings. The van der Waals surface area contributed by atoms with Gasteiger partial charge in [-0.3, -0.25) is 9.59 Å². The van der Waals surface area contributed by atoms with Crippen LogP contribution in [0.15, 0.2) is 53.4 Å². The number of hydrogen-bond acceptors (Lipinski definition) is 4.